The minimum absolute atomic E-state index is 0.0906. The first-order valence-corrected chi connectivity index (χ1v) is 10.6. The summed E-state index contributed by atoms with van der Waals surface area (Å²) >= 11 is 0. The lowest BCUT2D eigenvalue weighted by molar-refractivity contribution is 0.372. The molecule has 27 heavy (non-hydrogen) atoms. The molecule has 0 radical (unpaired) electrons. The van der Waals surface area contributed by atoms with Crippen molar-refractivity contribution in [3.05, 3.63) is 66.0 Å². The quantitative estimate of drug-likeness (QED) is 0.724. The molecule has 0 bridgehead atoms. The highest BCUT2D eigenvalue weighted by atomic mass is 32.2. The maximum absolute atomic E-state index is 12.6. The van der Waals surface area contributed by atoms with Crippen LogP contribution in [0.1, 0.15) is 37.1 Å². The zero-order valence-corrected chi connectivity index (χ0v) is 15.7. The van der Waals surface area contributed by atoms with Gasteiger partial charge in [0, 0.05) is 5.56 Å². The van der Waals surface area contributed by atoms with Gasteiger partial charge in [0.2, 0.25) is 0 Å². The van der Waals surface area contributed by atoms with Crippen molar-refractivity contribution in [1.29, 1.82) is 0 Å². The van der Waals surface area contributed by atoms with Crippen LogP contribution in [0.15, 0.2) is 64.0 Å². The van der Waals surface area contributed by atoms with Crippen LogP contribution < -0.4 is 5.73 Å². The summed E-state index contributed by atoms with van der Waals surface area (Å²) in [7, 11) is -3.42. The van der Waals surface area contributed by atoms with Crippen molar-refractivity contribution in [3.8, 4) is 11.5 Å². The Morgan fingerprint density at radius 3 is 2.52 bits per heavy atom. The predicted molar refractivity (Wildman–Crippen MR) is 101 cm³/mol. The molecular formula is C20H21N3O3S. The zero-order valence-electron chi connectivity index (χ0n) is 14.8. The van der Waals surface area contributed by atoms with E-state index in [1.807, 2.05) is 6.07 Å². The van der Waals surface area contributed by atoms with Crippen molar-refractivity contribution in [2.24, 2.45) is 5.73 Å². The fourth-order valence-corrected chi connectivity index (χ4v) is 4.85. The van der Waals surface area contributed by atoms with Gasteiger partial charge in [-0.2, -0.15) is 4.98 Å². The lowest BCUT2D eigenvalue weighted by atomic mass is 9.98. The third-order valence-electron chi connectivity index (χ3n) is 5.00. The first-order valence-electron chi connectivity index (χ1n) is 8.97. The van der Waals surface area contributed by atoms with Crippen LogP contribution in [-0.2, 0) is 21.1 Å². The summed E-state index contributed by atoms with van der Waals surface area (Å²) in [4.78, 5) is 4.78. The molecule has 1 saturated carbocycles. The molecule has 0 atom stereocenters. The fraction of sp³-hybridized carbons (Fsp3) is 0.300. The van der Waals surface area contributed by atoms with Crippen molar-refractivity contribution >= 4 is 9.84 Å². The van der Waals surface area contributed by atoms with E-state index in [4.69, 9.17) is 10.3 Å². The van der Waals surface area contributed by atoms with E-state index < -0.39 is 15.4 Å². The number of benzene rings is 2. The Morgan fingerprint density at radius 1 is 1.04 bits per heavy atom. The summed E-state index contributed by atoms with van der Waals surface area (Å²) in [6.45, 7) is 0. The molecule has 140 valence electrons. The molecule has 1 fully saturated rings. The van der Waals surface area contributed by atoms with Crippen LogP contribution in [0.2, 0.25) is 0 Å². The predicted octanol–water partition coefficient (Wildman–Crippen LogP) is 3.44. The van der Waals surface area contributed by atoms with Crippen LogP contribution in [0.3, 0.4) is 0 Å². The van der Waals surface area contributed by atoms with E-state index in [-0.39, 0.29) is 5.75 Å². The first-order chi connectivity index (χ1) is 13.0. The third kappa shape index (κ3) is 3.65. The fourth-order valence-electron chi connectivity index (χ4n) is 3.50. The van der Waals surface area contributed by atoms with Crippen molar-refractivity contribution in [2.75, 3.05) is 0 Å². The molecule has 0 unspecified atom stereocenters. The van der Waals surface area contributed by atoms with Crippen LogP contribution in [0.4, 0.5) is 0 Å². The standard InChI is InChI=1S/C20H21N3O3S/c21-20(11-4-5-12-20)19-22-18(26-23-19)16-8-6-7-15(13-16)14-27(24,25)17-9-2-1-3-10-17/h1-3,6-10,13H,4-5,11-12,14,21H2. The van der Waals surface area contributed by atoms with E-state index >= 15 is 0 Å². The SMILES string of the molecule is NC1(c2noc(-c3cccc(CS(=O)(=O)c4ccccc4)c3)n2)CCCC1. The smallest absolute Gasteiger partial charge is 0.258 e. The monoisotopic (exact) mass is 383 g/mol. The summed E-state index contributed by atoms with van der Waals surface area (Å²) in [6.07, 6.45) is 3.82. The normalized spacial score (nSPS) is 16.5. The molecule has 4 rings (SSSR count). The second kappa shape index (κ2) is 6.90. The minimum Gasteiger partial charge on any atom is -0.334 e. The maximum Gasteiger partial charge on any atom is 0.258 e. The molecule has 0 amide bonds. The summed E-state index contributed by atoms with van der Waals surface area (Å²) in [6, 6.07) is 15.6. The second-order valence-electron chi connectivity index (χ2n) is 7.06. The van der Waals surface area contributed by atoms with Crippen molar-refractivity contribution in [3.63, 3.8) is 0 Å². The molecule has 0 spiro atoms. The van der Waals surface area contributed by atoms with Gasteiger partial charge in [0.25, 0.3) is 5.89 Å². The Bertz CT molecular complexity index is 1040. The topological polar surface area (TPSA) is 99.1 Å². The van der Waals surface area contributed by atoms with E-state index in [9.17, 15) is 8.42 Å². The van der Waals surface area contributed by atoms with E-state index in [2.05, 4.69) is 10.1 Å². The molecule has 1 aromatic heterocycles. The van der Waals surface area contributed by atoms with Crippen molar-refractivity contribution in [1.82, 2.24) is 10.1 Å². The summed E-state index contributed by atoms with van der Waals surface area (Å²) in [5.74, 6) is 0.796. The molecule has 2 N–H and O–H groups in total. The van der Waals surface area contributed by atoms with Crippen LogP contribution in [0.5, 0.6) is 0 Å². The van der Waals surface area contributed by atoms with Gasteiger partial charge in [0.05, 0.1) is 16.2 Å². The molecule has 7 heteroatoms. The lowest BCUT2D eigenvalue weighted by Gasteiger charge is -2.17. The maximum atomic E-state index is 12.6. The van der Waals surface area contributed by atoms with E-state index in [1.165, 1.54) is 0 Å². The molecular weight excluding hydrogens is 362 g/mol. The van der Waals surface area contributed by atoms with Gasteiger partial charge in [-0.05, 0) is 42.7 Å². The summed E-state index contributed by atoms with van der Waals surface area (Å²) < 4.78 is 30.6. The highest BCUT2D eigenvalue weighted by Crippen LogP contribution is 2.35. The molecule has 0 saturated heterocycles. The van der Waals surface area contributed by atoms with Gasteiger partial charge in [0.1, 0.15) is 0 Å². The minimum atomic E-state index is -3.42. The van der Waals surface area contributed by atoms with Gasteiger partial charge in [-0.15, -0.1) is 0 Å². The largest absolute Gasteiger partial charge is 0.334 e. The highest BCUT2D eigenvalue weighted by molar-refractivity contribution is 7.90. The lowest BCUT2D eigenvalue weighted by Crippen LogP contribution is -2.34. The number of hydrogen-bond acceptors (Lipinski definition) is 6. The number of nitrogens with zero attached hydrogens (tertiary/aromatic N) is 2. The summed E-state index contributed by atoms with van der Waals surface area (Å²) in [5, 5.41) is 4.07. The highest BCUT2D eigenvalue weighted by Gasteiger charge is 2.36. The van der Waals surface area contributed by atoms with Crippen molar-refractivity contribution < 1.29 is 12.9 Å². The Labute approximate surface area is 158 Å². The molecule has 1 aliphatic rings. The van der Waals surface area contributed by atoms with Crippen LogP contribution in [-0.4, -0.2) is 18.6 Å². The van der Waals surface area contributed by atoms with Crippen molar-refractivity contribution in [2.45, 2.75) is 41.9 Å². The average Bonchev–Trinajstić information content (AvgIpc) is 3.33. The number of aromatic nitrogens is 2. The molecule has 3 aromatic rings. The van der Waals surface area contributed by atoms with Gasteiger partial charge in [-0.3, -0.25) is 0 Å². The third-order valence-corrected chi connectivity index (χ3v) is 6.70. The van der Waals surface area contributed by atoms with Crippen LogP contribution >= 0.6 is 0 Å². The van der Waals surface area contributed by atoms with Crippen LogP contribution in [0, 0.1) is 0 Å². The van der Waals surface area contributed by atoms with E-state index in [0.717, 1.165) is 25.7 Å². The zero-order chi connectivity index (χ0) is 18.9. The summed E-state index contributed by atoms with van der Waals surface area (Å²) in [5.41, 5.74) is 7.22. The Hall–Kier alpha value is -2.51. The molecule has 1 heterocycles. The molecule has 6 nitrogen and oxygen atoms in total. The van der Waals surface area contributed by atoms with Crippen LogP contribution in [0.25, 0.3) is 11.5 Å². The second-order valence-corrected chi connectivity index (χ2v) is 9.05. The number of rotatable bonds is 5. The van der Waals surface area contributed by atoms with Gasteiger partial charge in [-0.25, -0.2) is 8.42 Å². The Morgan fingerprint density at radius 2 is 1.78 bits per heavy atom. The average molecular weight is 383 g/mol. The molecule has 1 aliphatic carbocycles. The van der Waals surface area contributed by atoms with Gasteiger partial charge < -0.3 is 10.3 Å². The molecule has 2 aromatic carbocycles. The Kier molecular flexibility index (Phi) is 4.57. The van der Waals surface area contributed by atoms with E-state index in [1.54, 1.807) is 48.5 Å². The number of hydrogen-bond donors (Lipinski definition) is 1. The Balaban J connectivity index is 1.59. The van der Waals surface area contributed by atoms with Gasteiger partial charge >= 0.3 is 0 Å². The van der Waals surface area contributed by atoms with Gasteiger partial charge in [-0.1, -0.05) is 48.3 Å². The number of nitrogens with two attached hydrogens (primary N) is 1. The first kappa shape index (κ1) is 17.9. The molecule has 0 aliphatic heterocycles. The van der Waals surface area contributed by atoms with Gasteiger partial charge in [0.15, 0.2) is 15.7 Å². The van der Waals surface area contributed by atoms with E-state index in [0.29, 0.717) is 27.7 Å². The number of sulfone groups is 1.